The molecule has 0 amide bonds. The van der Waals surface area contributed by atoms with E-state index < -0.39 is 0 Å². The molecule has 4 rings (SSSR count). The number of hydrogen-bond donors (Lipinski definition) is 2. The number of rotatable bonds is 7. The molecule has 0 aliphatic rings. The Morgan fingerprint density at radius 2 is 1.97 bits per heavy atom. The van der Waals surface area contributed by atoms with Gasteiger partial charge in [-0.1, -0.05) is 18.2 Å². The van der Waals surface area contributed by atoms with E-state index in [-0.39, 0.29) is 0 Å². The second-order valence-corrected chi connectivity index (χ2v) is 8.94. The standard InChI is InChI=1S/C23H25N5S2/c1-27(2)11-12-28-20-10-7-17(25-23(24)21-4-3-13-30-21)15-19(20)26-22(28)14-16-5-8-18(29)9-6-16/h3-10,13,15,29H,11-12,14H2,1-2H3,(H2,24,25). The number of benzene rings is 2. The maximum absolute atomic E-state index is 6.17. The van der Waals surface area contributed by atoms with Crippen LogP contribution < -0.4 is 5.73 Å². The van der Waals surface area contributed by atoms with Crippen LogP contribution in [0.3, 0.4) is 0 Å². The van der Waals surface area contributed by atoms with Crippen molar-refractivity contribution in [3.8, 4) is 0 Å². The lowest BCUT2D eigenvalue weighted by molar-refractivity contribution is 0.384. The first-order valence-corrected chi connectivity index (χ1v) is 11.1. The Morgan fingerprint density at radius 3 is 2.67 bits per heavy atom. The van der Waals surface area contributed by atoms with E-state index in [9.17, 15) is 0 Å². The van der Waals surface area contributed by atoms with E-state index in [1.165, 1.54) is 5.56 Å². The fourth-order valence-electron chi connectivity index (χ4n) is 3.34. The molecule has 0 spiro atoms. The Balaban J connectivity index is 1.70. The zero-order valence-electron chi connectivity index (χ0n) is 17.1. The van der Waals surface area contributed by atoms with E-state index in [2.05, 4.69) is 59.4 Å². The SMILES string of the molecule is CN(C)CCn1c(Cc2ccc(S)cc2)nc2cc(N=C(N)c3cccs3)ccc21. The lowest BCUT2D eigenvalue weighted by Gasteiger charge is -2.13. The summed E-state index contributed by atoms with van der Waals surface area (Å²) < 4.78 is 2.31. The average molecular weight is 436 g/mol. The summed E-state index contributed by atoms with van der Waals surface area (Å²) in [6.07, 6.45) is 0.770. The minimum atomic E-state index is 0.531. The van der Waals surface area contributed by atoms with Crippen molar-refractivity contribution >= 4 is 46.5 Å². The number of amidine groups is 1. The molecule has 0 unspecified atom stereocenters. The molecular weight excluding hydrogens is 410 g/mol. The number of nitrogens with two attached hydrogens (primary N) is 1. The van der Waals surface area contributed by atoms with Gasteiger partial charge >= 0.3 is 0 Å². The van der Waals surface area contributed by atoms with Gasteiger partial charge in [-0.25, -0.2) is 9.98 Å². The second kappa shape index (κ2) is 9.04. The van der Waals surface area contributed by atoms with E-state index in [0.29, 0.717) is 5.84 Å². The molecule has 7 heteroatoms. The highest BCUT2D eigenvalue weighted by atomic mass is 32.1. The van der Waals surface area contributed by atoms with Crippen LogP contribution in [0, 0.1) is 0 Å². The maximum Gasteiger partial charge on any atom is 0.141 e. The first kappa shape index (κ1) is 20.7. The summed E-state index contributed by atoms with van der Waals surface area (Å²) in [5.41, 5.74) is 10.3. The van der Waals surface area contributed by atoms with E-state index >= 15 is 0 Å². The molecule has 2 aromatic heterocycles. The van der Waals surface area contributed by atoms with Gasteiger partial charge in [0.1, 0.15) is 11.7 Å². The number of fused-ring (bicyclic) bond motifs is 1. The molecule has 2 aromatic carbocycles. The molecule has 0 fully saturated rings. The normalized spacial score (nSPS) is 12.2. The number of thiophene rings is 1. The van der Waals surface area contributed by atoms with Crippen molar-refractivity contribution in [3.63, 3.8) is 0 Å². The van der Waals surface area contributed by atoms with Crippen LogP contribution >= 0.6 is 24.0 Å². The average Bonchev–Trinajstić information content (AvgIpc) is 3.36. The Kier molecular flexibility index (Phi) is 6.22. The van der Waals surface area contributed by atoms with E-state index in [4.69, 9.17) is 10.7 Å². The lowest BCUT2D eigenvalue weighted by Crippen LogP contribution is -2.19. The van der Waals surface area contributed by atoms with Gasteiger partial charge in [-0.05, 0) is 61.4 Å². The predicted octanol–water partition coefficient (Wildman–Crippen LogP) is 4.58. The van der Waals surface area contributed by atoms with Crippen molar-refractivity contribution < 1.29 is 0 Å². The first-order valence-electron chi connectivity index (χ1n) is 9.79. The molecule has 30 heavy (non-hydrogen) atoms. The summed E-state index contributed by atoms with van der Waals surface area (Å²) in [4.78, 5) is 13.7. The molecule has 0 aliphatic heterocycles. The molecule has 4 aromatic rings. The summed E-state index contributed by atoms with van der Waals surface area (Å²) in [6.45, 7) is 1.82. The summed E-state index contributed by atoms with van der Waals surface area (Å²) in [5.74, 6) is 1.58. The fraction of sp³-hybridized carbons (Fsp3) is 0.217. The van der Waals surface area contributed by atoms with Crippen molar-refractivity contribution in [2.45, 2.75) is 17.9 Å². The summed E-state index contributed by atoms with van der Waals surface area (Å²) in [5, 5.41) is 2.00. The minimum Gasteiger partial charge on any atom is -0.383 e. The van der Waals surface area contributed by atoms with Crippen molar-refractivity contribution in [3.05, 3.63) is 76.2 Å². The number of nitrogens with zero attached hydrogens (tertiary/aromatic N) is 4. The fourth-order valence-corrected chi connectivity index (χ4v) is 4.11. The number of aliphatic imine (C=N–C) groups is 1. The molecule has 5 nitrogen and oxygen atoms in total. The molecule has 0 saturated carbocycles. The van der Waals surface area contributed by atoms with Gasteiger partial charge < -0.3 is 15.2 Å². The van der Waals surface area contributed by atoms with Crippen LogP contribution in [0.5, 0.6) is 0 Å². The lowest BCUT2D eigenvalue weighted by atomic mass is 10.1. The Morgan fingerprint density at radius 1 is 1.17 bits per heavy atom. The first-order chi connectivity index (χ1) is 14.5. The van der Waals surface area contributed by atoms with E-state index in [1.807, 2.05) is 41.8 Å². The van der Waals surface area contributed by atoms with Crippen molar-refractivity contribution in [2.75, 3.05) is 20.6 Å². The van der Waals surface area contributed by atoms with Crippen LogP contribution in [-0.4, -0.2) is 40.9 Å². The summed E-state index contributed by atoms with van der Waals surface area (Å²) in [7, 11) is 4.18. The third-order valence-electron chi connectivity index (χ3n) is 4.90. The largest absolute Gasteiger partial charge is 0.383 e. The van der Waals surface area contributed by atoms with Crippen molar-refractivity contribution in [2.24, 2.45) is 10.7 Å². The van der Waals surface area contributed by atoms with Crippen LogP contribution in [0.1, 0.15) is 16.3 Å². The monoisotopic (exact) mass is 435 g/mol. The van der Waals surface area contributed by atoms with Crippen LogP contribution in [0.25, 0.3) is 11.0 Å². The molecule has 154 valence electrons. The van der Waals surface area contributed by atoms with Gasteiger partial charge in [-0.2, -0.15) is 0 Å². The van der Waals surface area contributed by atoms with Gasteiger partial charge in [0.25, 0.3) is 0 Å². The van der Waals surface area contributed by atoms with Crippen LogP contribution in [0.15, 0.2) is 69.9 Å². The van der Waals surface area contributed by atoms with Crippen LogP contribution in [0.2, 0.25) is 0 Å². The number of likely N-dealkylation sites (N-methyl/N-ethyl adjacent to an activating group) is 1. The number of thiol groups is 1. The number of hydrogen-bond acceptors (Lipinski definition) is 5. The Bertz CT molecular complexity index is 1160. The second-order valence-electron chi connectivity index (χ2n) is 7.47. The number of aromatic nitrogens is 2. The van der Waals surface area contributed by atoms with E-state index in [1.54, 1.807) is 11.3 Å². The number of imidazole rings is 1. The molecule has 0 saturated heterocycles. The molecular formula is C23H25N5S2. The zero-order valence-corrected chi connectivity index (χ0v) is 18.8. The van der Waals surface area contributed by atoms with Gasteiger partial charge in [-0.15, -0.1) is 24.0 Å². The van der Waals surface area contributed by atoms with E-state index in [0.717, 1.165) is 51.8 Å². The maximum atomic E-state index is 6.17. The highest BCUT2D eigenvalue weighted by Crippen LogP contribution is 2.25. The zero-order chi connectivity index (χ0) is 21.1. The minimum absolute atomic E-state index is 0.531. The van der Waals surface area contributed by atoms with Crippen LogP contribution in [-0.2, 0) is 13.0 Å². The van der Waals surface area contributed by atoms with Gasteiger partial charge in [0.15, 0.2) is 0 Å². The van der Waals surface area contributed by atoms with Gasteiger partial charge in [-0.3, -0.25) is 0 Å². The topological polar surface area (TPSA) is 59.4 Å². The quantitative estimate of drug-likeness (QED) is 0.254. The molecule has 0 bridgehead atoms. The molecule has 0 aliphatic carbocycles. The molecule has 0 radical (unpaired) electrons. The van der Waals surface area contributed by atoms with Gasteiger partial charge in [0, 0.05) is 24.4 Å². The highest BCUT2D eigenvalue weighted by molar-refractivity contribution is 7.80. The Labute approximate surface area is 186 Å². The predicted molar refractivity (Wildman–Crippen MR) is 129 cm³/mol. The van der Waals surface area contributed by atoms with Gasteiger partial charge in [0.05, 0.1) is 21.6 Å². The molecule has 2 heterocycles. The molecule has 0 atom stereocenters. The Hall–Kier alpha value is -2.61. The third-order valence-corrected chi connectivity index (χ3v) is 6.09. The van der Waals surface area contributed by atoms with Crippen molar-refractivity contribution in [1.82, 2.24) is 14.5 Å². The van der Waals surface area contributed by atoms with Crippen molar-refractivity contribution in [1.29, 1.82) is 0 Å². The summed E-state index contributed by atoms with van der Waals surface area (Å²) in [6, 6.07) is 18.3. The summed E-state index contributed by atoms with van der Waals surface area (Å²) >= 11 is 5.97. The van der Waals surface area contributed by atoms with Crippen LogP contribution in [0.4, 0.5) is 5.69 Å². The third kappa shape index (κ3) is 4.75. The molecule has 2 N–H and O–H groups in total. The highest BCUT2D eigenvalue weighted by Gasteiger charge is 2.13. The van der Waals surface area contributed by atoms with Gasteiger partial charge in [0.2, 0.25) is 0 Å². The smallest absolute Gasteiger partial charge is 0.141 e.